The van der Waals surface area contributed by atoms with E-state index >= 15 is 0 Å². The molecule has 0 unspecified atom stereocenters. The fourth-order valence-electron chi connectivity index (χ4n) is 5.34. The number of rotatable bonds is 5. The lowest BCUT2D eigenvalue weighted by molar-refractivity contribution is 0.184. The Morgan fingerprint density at radius 2 is 1.79 bits per heavy atom. The summed E-state index contributed by atoms with van der Waals surface area (Å²) in [5, 5.41) is 0. The van der Waals surface area contributed by atoms with E-state index in [1.54, 1.807) is 4.31 Å². The molecule has 0 aromatic carbocycles. The minimum atomic E-state index is -3.16. The molecule has 2 atom stereocenters. The molecular weight excluding hydrogens is 374 g/mol. The van der Waals surface area contributed by atoms with Crippen molar-refractivity contribution in [2.75, 3.05) is 31.9 Å². The molecule has 3 aliphatic heterocycles. The Bertz CT molecular complexity index is 900. The van der Waals surface area contributed by atoms with E-state index in [-0.39, 0.29) is 17.4 Å². The molecule has 4 heterocycles. The molecule has 1 aromatic rings. The number of likely N-dealkylation sites (tertiary alicyclic amines) is 1. The van der Waals surface area contributed by atoms with Crippen molar-refractivity contribution >= 4 is 10.0 Å². The number of nitrogens with zero attached hydrogens (tertiary/aromatic N) is 3. The van der Waals surface area contributed by atoms with Crippen LogP contribution in [0.2, 0.25) is 0 Å². The number of fused-ring (bicyclic) bond motifs is 4. The van der Waals surface area contributed by atoms with Crippen molar-refractivity contribution in [1.29, 1.82) is 0 Å². The average Bonchev–Trinajstić information content (AvgIpc) is 3.48. The van der Waals surface area contributed by atoms with Crippen LogP contribution in [0.3, 0.4) is 0 Å². The molecule has 2 bridgehead atoms. The third kappa shape index (κ3) is 3.68. The molecule has 28 heavy (non-hydrogen) atoms. The minimum absolute atomic E-state index is 0.145. The van der Waals surface area contributed by atoms with Gasteiger partial charge in [-0.1, -0.05) is 12.5 Å². The molecule has 2 saturated heterocycles. The van der Waals surface area contributed by atoms with Gasteiger partial charge in [0.15, 0.2) is 0 Å². The fraction of sp³-hybridized carbons (Fsp3) is 0.762. The second-order valence-electron chi connectivity index (χ2n) is 9.37. The average molecular weight is 406 g/mol. The van der Waals surface area contributed by atoms with Crippen LogP contribution in [0.25, 0.3) is 0 Å². The number of pyridine rings is 1. The van der Waals surface area contributed by atoms with Gasteiger partial charge in [-0.2, -0.15) is 0 Å². The summed E-state index contributed by atoms with van der Waals surface area (Å²) in [4.78, 5) is 15.5. The van der Waals surface area contributed by atoms with Crippen LogP contribution in [0.15, 0.2) is 16.9 Å². The molecule has 0 radical (unpaired) electrons. The first kappa shape index (κ1) is 18.8. The molecule has 1 saturated carbocycles. The van der Waals surface area contributed by atoms with E-state index in [0.29, 0.717) is 31.3 Å². The van der Waals surface area contributed by atoms with Gasteiger partial charge in [0.05, 0.1) is 5.75 Å². The third-order valence-electron chi connectivity index (χ3n) is 7.03. The molecule has 1 aliphatic carbocycles. The maximum Gasteiger partial charge on any atom is 0.255 e. The van der Waals surface area contributed by atoms with Crippen LogP contribution < -0.4 is 5.56 Å². The van der Waals surface area contributed by atoms with Crippen LogP contribution in [0, 0.1) is 11.8 Å². The van der Waals surface area contributed by atoms with Gasteiger partial charge in [-0.25, -0.2) is 12.7 Å². The van der Waals surface area contributed by atoms with E-state index in [2.05, 4.69) is 11.0 Å². The van der Waals surface area contributed by atoms with Crippen molar-refractivity contribution in [2.24, 2.45) is 11.8 Å². The highest BCUT2D eigenvalue weighted by Gasteiger charge is 2.41. The van der Waals surface area contributed by atoms with Crippen molar-refractivity contribution in [3.63, 3.8) is 0 Å². The lowest BCUT2D eigenvalue weighted by Gasteiger charge is -2.42. The first-order valence-corrected chi connectivity index (χ1v) is 12.5. The van der Waals surface area contributed by atoms with Crippen molar-refractivity contribution in [3.8, 4) is 0 Å². The molecule has 4 aliphatic rings. The SMILES string of the molecule is O=c1c(CN2CCCCC2)ccc2n1C[C@H]1C[C@@H]2CN(S(=O)(=O)CC2CC2)C1. The Kier molecular flexibility index (Phi) is 4.88. The van der Waals surface area contributed by atoms with E-state index < -0.39 is 10.0 Å². The summed E-state index contributed by atoms with van der Waals surface area (Å²) in [7, 11) is -3.16. The largest absolute Gasteiger partial charge is 0.312 e. The molecule has 0 spiro atoms. The maximum absolute atomic E-state index is 13.2. The first-order chi connectivity index (χ1) is 13.5. The molecular formula is C21H31N3O3S. The fourth-order valence-corrected chi connectivity index (χ4v) is 7.33. The summed E-state index contributed by atoms with van der Waals surface area (Å²) < 4.78 is 29.2. The van der Waals surface area contributed by atoms with Crippen molar-refractivity contribution in [3.05, 3.63) is 33.7 Å². The summed E-state index contributed by atoms with van der Waals surface area (Å²) in [6, 6.07) is 4.10. The van der Waals surface area contributed by atoms with Gasteiger partial charge in [-0.05, 0) is 63.1 Å². The van der Waals surface area contributed by atoms with Gasteiger partial charge in [0.2, 0.25) is 10.0 Å². The zero-order valence-electron chi connectivity index (χ0n) is 16.6. The maximum atomic E-state index is 13.2. The number of sulfonamides is 1. The highest BCUT2D eigenvalue weighted by atomic mass is 32.2. The van der Waals surface area contributed by atoms with Gasteiger partial charge in [0, 0.05) is 43.4 Å². The minimum Gasteiger partial charge on any atom is -0.312 e. The monoisotopic (exact) mass is 405 g/mol. The number of piperidine rings is 2. The number of hydrogen-bond acceptors (Lipinski definition) is 4. The summed E-state index contributed by atoms with van der Waals surface area (Å²) >= 11 is 0. The van der Waals surface area contributed by atoms with Gasteiger partial charge in [-0.3, -0.25) is 9.69 Å². The Labute approximate surface area is 167 Å². The van der Waals surface area contributed by atoms with E-state index in [9.17, 15) is 13.2 Å². The van der Waals surface area contributed by atoms with Crippen LogP contribution in [0.1, 0.15) is 55.7 Å². The summed E-state index contributed by atoms with van der Waals surface area (Å²) in [6.45, 7) is 4.69. The number of aromatic nitrogens is 1. The topological polar surface area (TPSA) is 62.6 Å². The van der Waals surface area contributed by atoms with Crippen LogP contribution in [-0.2, 0) is 23.1 Å². The lowest BCUT2D eigenvalue weighted by Crippen LogP contribution is -2.50. The lowest BCUT2D eigenvalue weighted by atomic mass is 9.84. The normalized spacial score (nSPS) is 28.9. The van der Waals surface area contributed by atoms with Gasteiger partial charge >= 0.3 is 0 Å². The molecule has 154 valence electrons. The standard InChI is InChI=1S/C21H31N3O3S/c25-21-18(13-22-8-2-1-3-9-22)6-7-20-19-10-17(12-24(20)21)11-23(14-19)28(26,27)15-16-4-5-16/h6-7,16-17,19H,1-5,8-15H2/t17-,19+/m0/s1. The molecule has 7 heteroatoms. The van der Waals surface area contributed by atoms with Gasteiger partial charge in [-0.15, -0.1) is 0 Å². The number of hydrogen-bond donors (Lipinski definition) is 0. The second-order valence-corrected chi connectivity index (χ2v) is 11.4. The molecule has 6 nitrogen and oxygen atoms in total. The second kappa shape index (κ2) is 7.26. The van der Waals surface area contributed by atoms with Gasteiger partial charge in [0.25, 0.3) is 5.56 Å². The zero-order chi connectivity index (χ0) is 19.3. The zero-order valence-corrected chi connectivity index (χ0v) is 17.4. The Balaban J connectivity index is 1.37. The smallest absolute Gasteiger partial charge is 0.255 e. The predicted octanol–water partition coefficient (Wildman–Crippen LogP) is 1.99. The van der Waals surface area contributed by atoms with Gasteiger partial charge in [0.1, 0.15) is 0 Å². The molecule has 1 aromatic heterocycles. The molecule has 5 rings (SSSR count). The third-order valence-corrected chi connectivity index (χ3v) is 9.01. The Hall–Kier alpha value is -1.18. The van der Waals surface area contributed by atoms with Gasteiger partial charge < -0.3 is 4.57 Å². The molecule has 0 N–H and O–H groups in total. The quantitative estimate of drug-likeness (QED) is 0.752. The van der Waals surface area contributed by atoms with Crippen molar-refractivity contribution < 1.29 is 8.42 Å². The molecule has 0 amide bonds. The first-order valence-electron chi connectivity index (χ1n) is 10.9. The van der Waals surface area contributed by atoms with E-state index in [4.69, 9.17) is 0 Å². The summed E-state index contributed by atoms with van der Waals surface area (Å²) in [5.41, 5.74) is 2.07. The van der Waals surface area contributed by atoms with Crippen molar-refractivity contribution in [2.45, 2.75) is 57.5 Å². The Morgan fingerprint density at radius 3 is 2.54 bits per heavy atom. The van der Waals surface area contributed by atoms with Crippen LogP contribution in [0.4, 0.5) is 0 Å². The van der Waals surface area contributed by atoms with E-state index in [1.807, 2.05) is 10.6 Å². The summed E-state index contributed by atoms with van der Waals surface area (Å²) in [6.07, 6.45) is 6.85. The Morgan fingerprint density at radius 1 is 1.00 bits per heavy atom. The van der Waals surface area contributed by atoms with Crippen LogP contribution in [0.5, 0.6) is 0 Å². The van der Waals surface area contributed by atoms with E-state index in [1.165, 1.54) is 19.3 Å². The predicted molar refractivity (Wildman–Crippen MR) is 109 cm³/mol. The molecule has 3 fully saturated rings. The van der Waals surface area contributed by atoms with Crippen LogP contribution in [-0.4, -0.2) is 54.1 Å². The highest BCUT2D eigenvalue weighted by molar-refractivity contribution is 7.89. The van der Waals surface area contributed by atoms with Crippen molar-refractivity contribution in [1.82, 2.24) is 13.8 Å². The summed E-state index contributed by atoms with van der Waals surface area (Å²) in [5.74, 6) is 1.09. The van der Waals surface area contributed by atoms with E-state index in [0.717, 1.165) is 50.2 Å². The van der Waals surface area contributed by atoms with Crippen LogP contribution >= 0.6 is 0 Å². The highest BCUT2D eigenvalue weighted by Crippen LogP contribution is 2.38.